The molecule has 21 heavy (non-hydrogen) atoms. The second-order valence-corrected chi connectivity index (χ2v) is 5.36. The molecule has 1 aliphatic heterocycles. The van der Waals surface area contributed by atoms with Crippen LogP contribution in [0.25, 0.3) is 0 Å². The number of carboxylic acid groups (broad SMARTS) is 1. The number of hydrogen-bond donors (Lipinski definition) is 2. The van der Waals surface area contributed by atoms with Crippen molar-refractivity contribution in [2.75, 3.05) is 0 Å². The van der Waals surface area contributed by atoms with Crippen molar-refractivity contribution in [2.24, 2.45) is 0 Å². The number of hydrogen-bond acceptors (Lipinski definition) is 4. The maximum absolute atomic E-state index is 12.2. The number of urea groups is 1. The highest BCUT2D eigenvalue weighted by Gasteiger charge is 2.32. The highest BCUT2D eigenvalue weighted by Crippen LogP contribution is 2.25. The summed E-state index contributed by atoms with van der Waals surface area (Å²) in [4.78, 5) is 24.7. The molecule has 2 N–H and O–H groups in total. The van der Waals surface area contributed by atoms with E-state index in [0.717, 1.165) is 19.3 Å². The molecule has 2 rings (SSSR count). The normalized spacial score (nSPS) is 21.5. The second-order valence-electron chi connectivity index (χ2n) is 5.36. The van der Waals surface area contributed by atoms with Crippen molar-refractivity contribution < 1.29 is 14.7 Å². The molecule has 116 valence electrons. The van der Waals surface area contributed by atoms with Gasteiger partial charge < -0.3 is 15.3 Å². The Morgan fingerprint density at radius 1 is 1.48 bits per heavy atom. The summed E-state index contributed by atoms with van der Waals surface area (Å²) in [5, 5.41) is 19.0. The lowest BCUT2D eigenvalue weighted by molar-refractivity contribution is -0.137. The van der Waals surface area contributed by atoms with E-state index in [4.69, 9.17) is 5.11 Å². The number of carbonyl (C=O) groups excluding carboxylic acids is 1. The fourth-order valence-electron chi connectivity index (χ4n) is 2.73. The number of aliphatic carboxylic acids is 1. The fraction of sp³-hybridized carbons (Fsp3) is 0.692. The lowest BCUT2D eigenvalue weighted by atomic mass is 10.2. The highest BCUT2D eigenvalue weighted by molar-refractivity contribution is 5.75. The summed E-state index contributed by atoms with van der Waals surface area (Å²) in [5.41, 5.74) is 0.546. The van der Waals surface area contributed by atoms with E-state index in [-0.39, 0.29) is 25.2 Å². The van der Waals surface area contributed by atoms with E-state index in [1.165, 1.54) is 10.9 Å². The van der Waals surface area contributed by atoms with E-state index in [9.17, 15) is 9.59 Å². The minimum atomic E-state index is -0.979. The molecule has 2 heterocycles. The molecule has 0 spiro atoms. The number of amides is 2. The van der Waals surface area contributed by atoms with Crippen LogP contribution in [0.1, 0.15) is 38.8 Å². The Labute approximate surface area is 123 Å². The van der Waals surface area contributed by atoms with Gasteiger partial charge in [-0.1, -0.05) is 12.1 Å². The molecule has 0 saturated carbocycles. The van der Waals surface area contributed by atoms with Crippen LogP contribution in [0.3, 0.4) is 0 Å². The first-order valence-electron chi connectivity index (χ1n) is 7.18. The zero-order valence-corrected chi connectivity index (χ0v) is 12.3. The molecule has 0 radical (unpaired) electrons. The molecule has 1 aromatic heterocycles. The van der Waals surface area contributed by atoms with Crippen molar-refractivity contribution >= 4 is 12.0 Å². The molecule has 2 atom stereocenters. The molecule has 1 fully saturated rings. The molecule has 0 aliphatic carbocycles. The van der Waals surface area contributed by atoms with Crippen molar-refractivity contribution in [1.29, 1.82) is 0 Å². The van der Waals surface area contributed by atoms with Crippen LogP contribution in [-0.2, 0) is 17.9 Å². The standard InChI is InChI=1S/C13H21N5O3/c1-3-11-5-4-9(2)18(11)13(21)14-6-10-7-17(16-15-10)8-12(19)20/h7,9,11H,3-6,8H2,1-2H3,(H,14,21)(H,19,20). The molecule has 8 heteroatoms. The first kappa shape index (κ1) is 15.3. The Morgan fingerprint density at radius 2 is 2.24 bits per heavy atom. The van der Waals surface area contributed by atoms with E-state index >= 15 is 0 Å². The van der Waals surface area contributed by atoms with Crippen molar-refractivity contribution in [3.8, 4) is 0 Å². The number of nitrogens with zero attached hydrogens (tertiary/aromatic N) is 4. The number of nitrogens with one attached hydrogen (secondary N) is 1. The molecular weight excluding hydrogens is 274 g/mol. The summed E-state index contributed by atoms with van der Waals surface area (Å²) in [6, 6.07) is 0.444. The molecule has 1 saturated heterocycles. The fourth-order valence-corrected chi connectivity index (χ4v) is 2.73. The zero-order chi connectivity index (χ0) is 15.4. The third kappa shape index (κ3) is 3.71. The van der Waals surface area contributed by atoms with Gasteiger partial charge in [0.25, 0.3) is 0 Å². The highest BCUT2D eigenvalue weighted by atomic mass is 16.4. The van der Waals surface area contributed by atoms with Gasteiger partial charge in [0, 0.05) is 12.1 Å². The molecule has 2 amide bonds. The smallest absolute Gasteiger partial charge is 0.325 e. The van der Waals surface area contributed by atoms with Gasteiger partial charge in [-0.25, -0.2) is 9.48 Å². The average Bonchev–Trinajstić information content (AvgIpc) is 3.02. The number of likely N-dealkylation sites (tertiary alicyclic amines) is 1. The van der Waals surface area contributed by atoms with Crippen LogP contribution < -0.4 is 5.32 Å². The average molecular weight is 295 g/mol. The van der Waals surface area contributed by atoms with Gasteiger partial charge in [-0.2, -0.15) is 0 Å². The van der Waals surface area contributed by atoms with Crippen LogP contribution in [0, 0.1) is 0 Å². The summed E-state index contributed by atoms with van der Waals surface area (Å²) >= 11 is 0. The molecule has 2 unspecified atom stereocenters. The minimum Gasteiger partial charge on any atom is -0.480 e. The number of rotatable bonds is 5. The SMILES string of the molecule is CCC1CCC(C)N1C(=O)NCc1cn(CC(=O)O)nn1. The predicted octanol–water partition coefficient (Wildman–Crippen LogP) is 0.835. The monoisotopic (exact) mass is 295 g/mol. The third-order valence-corrected chi connectivity index (χ3v) is 3.80. The Hall–Kier alpha value is -2.12. The van der Waals surface area contributed by atoms with Crippen molar-refractivity contribution in [2.45, 2.75) is 58.3 Å². The molecule has 8 nitrogen and oxygen atoms in total. The van der Waals surface area contributed by atoms with E-state index in [0.29, 0.717) is 11.7 Å². The van der Waals surface area contributed by atoms with Crippen molar-refractivity contribution in [1.82, 2.24) is 25.2 Å². The van der Waals surface area contributed by atoms with Gasteiger partial charge in [0.1, 0.15) is 12.2 Å². The lowest BCUT2D eigenvalue weighted by Crippen LogP contribution is -2.45. The quantitative estimate of drug-likeness (QED) is 0.838. The number of carboxylic acids is 1. The topological polar surface area (TPSA) is 100 Å². The zero-order valence-electron chi connectivity index (χ0n) is 12.3. The summed E-state index contributed by atoms with van der Waals surface area (Å²) < 4.78 is 1.23. The van der Waals surface area contributed by atoms with Gasteiger partial charge in [0.2, 0.25) is 0 Å². The first-order valence-corrected chi connectivity index (χ1v) is 7.18. The second kappa shape index (κ2) is 6.55. The largest absolute Gasteiger partial charge is 0.480 e. The van der Waals surface area contributed by atoms with Crippen LogP contribution in [0.4, 0.5) is 4.79 Å². The minimum absolute atomic E-state index is 0.0976. The van der Waals surface area contributed by atoms with Crippen LogP contribution in [0.15, 0.2) is 6.20 Å². The van der Waals surface area contributed by atoms with Gasteiger partial charge in [-0.05, 0) is 26.2 Å². The van der Waals surface area contributed by atoms with E-state index < -0.39 is 5.97 Å². The Bertz CT molecular complexity index is 516. The predicted molar refractivity (Wildman–Crippen MR) is 74.5 cm³/mol. The Kier molecular flexibility index (Phi) is 4.77. The summed E-state index contributed by atoms with van der Waals surface area (Å²) in [5.74, 6) is -0.979. The van der Waals surface area contributed by atoms with Crippen LogP contribution in [0.5, 0.6) is 0 Å². The van der Waals surface area contributed by atoms with Crippen molar-refractivity contribution in [3.05, 3.63) is 11.9 Å². The van der Waals surface area contributed by atoms with E-state index in [2.05, 4.69) is 29.5 Å². The van der Waals surface area contributed by atoms with Crippen molar-refractivity contribution in [3.63, 3.8) is 0 Å². The van der Waals surface area contributed by atoms with Crippen LogP contribution >= 0.6 is 0 Å². The third-order valence-electron chi connectivity index (χ3n) is 3.80. The molecule has 0 aromatic carbocycles. The lowest BCUT2D eigenvalue weighted by Gasteiger charge is -2.27. The molecular formula is C13H21N5O3. The molecule has 1 aliphatic rings. The number of aromatic nitrogens is 3. The summed E-state index contributed by atoms with van der Waals surface area (Å²) in [6.07, 6.45) is 4.55. The van der Waals surface area contributed by atoms with Gasteiger partial charge in [0.05, 0.1) is 12.7 Å². The molecule has 0 bridgehead atoms. The van der Waals surface area contributed by atoms with Crippen LogP contribution in [0.2, 0.25) is 0 Å². The van der Waals surface area contributed by atoms with Gasteiger partial charge in [-0.15, -0.1) is 5.10 Å². The Balaban J connectivity index is 1.88. The maximum Gasteiger partial charge on any atom is 0.325 e. The first-order chi connectivity index (χ1) is 10.0. The van der Waals surface area contributed by atoms with Crippen LogP contribution in [-0.4, -0.2) is 49.1 Å². The summed E-state index contributed by atoms with van der Waals surface area (Å²) in [7, 11) is 0. The molecule has 1 aromatic rings. The van der Waals surface area contributed by atoms with Gasteiger partial charge in [0.15, 0.2) is 0 Å². The Morgan fingerprint density at radius 3 is 2.90 bits per heavy atom. The summed E-state index contributed by atoms with van der Waals surface area (Å²) in [6.45, 7) is 4.15. The number of carbonyl (C=O) groups is 2. The van der Waals surface area contributed by atoms with E-state index in [1.807, 2.05) is 4.90 Å². The van der Waals surface area contributed by atoms with Gasteiger partial charge >= 0.3 is 12.0 Å². The van der Waals surface area contributed by atoms with Gasteiger partial charge in [-0.3, -0.25) is 4.79 Å². The van der Waals surface area contributed by atoms with E-state index in [1.54, 1.807) is 0 Å². The maximum atomic E-state index is 12.2.